The number of rotatable bonds is 4. The van der Waals surface area contributed by atoms with Crippen LogP contribution < -0.4 is 0 Å². The molecular weight excluding hydrogens is 264 g/mol. The number of hydrogen-bond donors (Lipinski definition) is 0. The largest absolute Gasteiger partial charge is 0.465 e. The number of halogens is 2. The second-order valence-corrected chi connectivity index (χ2v) is 4.93. The first kappa shape index (κ1) is 14.9. The van der Waals surface area contributed by atoms with Crippen molar-refractivity contribution < 1.29 is 18.3 Å². The van der Waals surface area contributed by atoms with Crippen LogP contribution in [0.3, 0.4) is 0 Å². The number of likely N-dealkylation sites (tertiary alicyclic amines) is 1. The molecule has 1 fully saturated rings. The van der Waals surface area contributed by atoms with Crippen LogP contribution in [-0.4, -0.2) is 30.1 Å². The lowest BCUT2D eigenvalue weighted by atomic mass is 10.0. The van der Waals surface area contributed by atoms with Crippen molar-refractivity contribution in [3.05, 3.63) is 35.4 Å². The van der Waals surface area contributed by atoms with Crippen LogP contribution in [0.15, 0.2) is 18.2 Å². The Morgan fingerprint density at radius 1 is 1.35 bits per heavy atom. The third-order valence-electron chi connectivity index (χ3n) is 3.60. The minimum absolute atomic E-state index is 0.0173. The Morgan fingerprint density at radius 3 is 2.70 bits per heavy atom. The van der Waals surface area contributed by atoms with Gasteiger partial charge in [0, 0.05) is 12.1 Å². The molecule has 0 bridgehead atoms. The van der Waals surface area contributed by atoms with Crippen molar-refractivity contribution in [1.82, 2.24) is 4.90 Å². The van der Waals surface area contributed by atoms with Crippen LogP contribution in [0, 0.1) is 11.6 Å². The fraction of sp³-hybridized carbons (Fsp3) is 0.533. The summed E-state index contributed by atoms with van der Waals surface area (Å²) in [5.41, 5.74) is 0.0173. The topological polar surface area (TPSA) is 29.5 Å². The third-order valence-corrected chi connectivity index (χ3v) is 3.60. The van der Waals surface area contributed by atoms with E-state index in [9.17, 15) is 13.6 Å². The first-order valence-electron chi connectivity index (χ1n) is 6.97. The van der Waals surface area contributed by atoms with E-state index in [1.807, 2.05) is 4.90 Å². The molecule has 3 nitrogen and oxygen atoms in total. The molecule has 1 aromatic rings. The van der Waals surface area contributed by atoms with Crippen LogP contribution in [-0.2, 0) is 16.1 Å². The summed E-state index contributed by atoms with van der Waals surface area (Å²) in [6.45, 7) is 2.82. The van der Waals surface area contributed by atoms with Gasteiger partial charge in [0.25, 0.3) is 0 Å². The average Bonchev–Trinajstić information content (AvgIpc) is 2.44. The van der Waals surface area contributed by atoms with E-state index < -0.39 is 17.7 Å². The average molecular weight is 283 g/mol. The molecule has 0 aromatic heterocycles. The molecule has 2 rings (SSSR count). The standard InChI is InChI=1S/C15H19F2NO2/c1-2-20-15(19)14-8-3-4-9-18(14)10-11-12(16)6-5-7-13(11)17/h5-7,14H,2-4,8-10H2,1H3. The number of benzene rings is 1. The van der Waals surface area contributed by atoms with Crippen molar-refractivity contribution in [2.24, 2.45) is 0 Å². The maximum atomic E-state index is 13.7. The molecule has 0 saturated carbocycles. The van der Waals surface area contributed by atoms with E-state index in [4.69, 9.17) is 4.74 Å². The number of nitrogens with zero attached hydrogens (tertiary/aromatic N) is 1. The summed E-state index contributed by atoms with van der Waals surface area (Å²) >= 11 is 0. The number of hydrogen-bond acceptors (Lipinski definition) is 3. The maximum Gasteiger partial charge on any atom is 0.323 e. The number of ether oxygens (including phenoxy) is 1. The fourth-order valence-electron chi connectivity index (χ4n) is 2.57. The Hall–Kier alpha value is -1.49. The number of esters is 1. The Kier molecular flexibility index (Phi) is 5.06. The number of carbonyl (C=O) groups is 1. The van der Waals surface area contributed by atoms with Crippen molar-refractivity contribution in [2.75, 3.05) is 13.2 Å². The number of piperidine rings is 1. The molecule has 0 radical (unpaired) electrons. The van der Waals surface area contributed by atoms with Crippen molar-refractivity contribution in [3.63, 3.8) is 0 Å². The van der Waals surface area contributed by atoms with E-state index in [-0.39, 0.29) is 18.1 Å². The van der Waals surface area contributed by atoms with Gasteiger partial charge in [0.15, 0.2) is 0 Å². The van der Waals surface area contributed by atoms with Gasteiger partial charge in [0.05, 0.1) is 6.61 Å². The summed E-state index contributed by atoms with van der Waals surface area (Å²) in [5.74, 6) is -1.44. The highest BCUT2D eigenvalue weighted by molar-refractivity contribution is 5.75. The van der Waals surface area contributed by atoms with Crippen LogP contribution in [0.1, 0.15) is 31.7 Å². The van der Waals surface area contributed by atoms with E-state index in [2.05, 4.69) is 0 Å². The zero-order valence-corrected chi connectivity index (χ0v) is 11.6. The lowest BCUT2D eigenvalue weighted by Crippen LogP contribution is -2.45. The van der Waals surface area contributed by atoms with Crippen LogP contribution in [0.25, 0.3) is 0 Å². The van der Waals surface area contributed by atoms with Gasteiger partial charge in [-0.1, -0.05) is 12.5 Å². The summed E-state index contributed by atoms with van der Waals surface area (Å²) in [7, 11) is 0. The van der Waals surface area contributed by atoms with Gasteiger partial charge in [-0.25, -0.2) is 8.78 Å². The van der Waals surface area contributed by atoms with E-state index in [0.29, 0.717) is 19.6 Å². The molecule has 1 heterocycles. The van der Waals surface area contributed by atoms with Crippen molar-refractivity contribution in [3.8, 4) is 0 Å². The van der Waals surface area contributed by atoms with Gasteiger partial charge in [0.2, 0.25) is 0 Å². The Balaban J connectivity index is 2.14. The lowest BCUT2D eigenvalue weighted by molar-refractivity contribution is -0.151. The third kappa shape index (κ3) is 3.33. The normalized spacial score (nSPS) is 19.9. The molecule has 1 saturated heterocycles. The minimum atomic E-state index is -0.571. The van der Waals surface area contributed by atoms with Gasteiger partial charge in [-0.15, -0.1) is 0 Å². The van der Waals surface area contributed by atoms with Crippen LogP contribution in [0.2, 0.25) is 0 Å². The molecule has 0 spiro atoms. The highest BCUT2D eigenvalue weighted by Gasteiger charge is 2.30. The molecule has 0 N–H and O–H groups in total. The molecule has 1 unspecified atom stereocenters. The van der Waals surface area contributed by atoms with Crippen molar-refractivity contribution in [2.45, 2.75) is 38.8 Å². The molecular formula is C15H19F2NO2. The van der Waals surface area contributed by atoms with Gasteiger partial charge in [0.1, 0.15) is 17.7 Å². The van der Waals surface area contributed by atoms with E-state index in [1.165, 1.54) is 18.2 Å². The smallest absolute Gasteiger partial charge is 0.323 e. The Bertz CT molecular complexity index is 459. The molecule has 20 heavy (non-hydrogen) atoms. The summed E-state index contributed by atoms with van der Waals surface area (Å²) in [6.07, 6.45) is 2.53. The van der Waals surface area contributed by atoms with Crippen molar-refractivity contribution >= 4 is 5.97 Å². The quantitative estimate of drug-likeness (QED) is 0.796. The molecule has 0 aliphatic carbocycles. The first-order chi connectivity index (χ1) is 9.63. The highest BCUT2D eigenvalue weighted by Crippen LogP contribution is 2.23. The summed E-state index contributed by atoms with van der Waals surface area (Å²) in [4.78, 5) is 13.7. The lowest BCUT2D eigenvalue weighted by Gasteiger charge is -2.34. The van der Waals surface area contributed by atoms with Crippen molar-refractivity contribution in [1.29, 1.82) is 0 Å². The molecule has 1 aliphatic rings. The van der Waals surface area contributed by atoms with Gasteiger partial charge in [-0.2, -0.15) is 0 Å². The van der Waals surface area contributed by atoms with Crippen LogP contribution in [0.4, 0.5) is 8.78 Å². The summed E-state index contributed by atoms with van der Waals surface area (Å²) < 4.78 is 32.4. The predicted molar refractivity (Wildman–Crippen MR) is 71.0 cm³/mol. The zero-order chi connectivity index (χ0) is 14.5. The fourth-order valence-corrected chi connectivity index (χ4v) is 2.57. The Labute approximate surface area is 117 Å². The van der Waals surface area contributed by atoms with E-state index >= 15 is 0 Å². The number of carbonyl (C=O) groups excluding carboxylic acids is 1. The molecule has 1 aromatic carbocycles. The molecule has 1 aliphatic heterocycles. The zero-order valence-electron chi connectivity index (χ0n) is 11.6. The summed E-state index contributed by atoms with van der Waals surface area (Å²) in [6, 6.07) is 3.42. The van der Waals surface area contributed by atoms with Crippen LogP contribution in [0.5, 0.6) is 0 Å². The minimum Gasteiger partial charge on any atom is -0.465 e. The second kappa shape index (κ2) is 6.79. The van der Waals surface area contributed by atoms with Gasteiger partial charge < -0.3 is 4.74 Å². The summed E-state index contributed by atoms with van der Waals surface area (Å²) in [5, 5.41) is 0. The van der Waals surface area contributed by atoms with Crippen LogP contribution >= 0.6 is 0 Å². The van der Waals surface area contributed by atoms with E-state index in [0.717, 1.165) is 12.8 Å². The highest BCUT2D eigenvalue weighted by atomic mass is 19.1. The molecule has 5 heteroatoms. The first-order valence-corrected chi connectivity index (χ1v) is 6.97. The maximum absolute atomic E-state index is 13.7. The Morgan fingerprint density at radius 2 is 2.05 bits per heavy atom. The van der Waals surface area contributed by atoms with Gasteiger partial charge >= 0.3 is 5.97 Å². The predicted octanol–water partition coefficient (Wildman–Crippen LogP) is 2.88. The van der Waals surface area contributed by atoms with E-state index in [1.54, 1.807) is 6.92 Å². The van der Waals surface area contributed by atoms with Gasteiger partial charge in [-0.05, 0) is 38.4 Å². The molecule has 0 amide bonds. The SMILES string of the molecule is CCOC(=O)C1CCCCN1Cc1c(F)cccc1F. The molecule has 110 valence electrons. The molecule has 1 atom stereocenters. The van der Waals surface area contributed by atoms with Gasteiger partial charge in [-0.3, -0.25) is 9.69 Å². The second-order valence-electron chi connectivity index (χ2n) is 4.93. The monoisotopic (exact) mass is 283 g/mol.